The summed E-state index contributed by atoms with van der Waals surface area (Å²) >= 11 is 5.09. The molecule has 13 heteroatoms. The summed E-state index contributed by atoms with van der Waals surface area (Å²) in [5.74, 6) is -0.360. The maximum atomic E-state index is 10.7. The van der Waals surface area contributed by atoms with Gasteiger partial charge in [-0.2, -0.15) is 8.42 Å². The SMILES string of the molecule is Nc1nc(=S)n([C@@H]2O[C@H](CO)[C@@H](O)[C@H]2O)cc1CNCCS(=O)(=O)O. The Hall–Kier alpha value is -1.19. The van der Waals surface area contributed by atoms with Gasteiger partial charge in [-0.25, -0.2) is 4.98 Å². The molecule has 0 radical (unpaired) electrons. The first-order valence-electron chi connectivity index (χ1n) is 7.30. The molecule has 7 N–H and O–H groups in total. The zero-order chi connectivity index (χ0) is 18.8. The van der Waals surface area contributed by atoms with Gasteiger partial charge in [0.2, 0.25) is 4.77 Å². The van der Waals surface area contributed by atoms with E-state index in [1.807, 2.05) is 0 Å². The first-order valence-corrected chi connectivity index (χ1v) is 9.31. The van der Waals surface area contributed by atoms with E-state index in [1.54, 1.807) is 0 Å². The minimum absolute atomic E-state index is 0.00836. The number of nitrogens with one attached hydrogen (secondary N) is 1. The lowest BCUT2D eigenvalue weighted by molar-refractivity contribution is -0.0541. The van der Waals surface area contributed by atoms with Gasteiger partial charge in [0.15, 0.2) is 6.23 Å². The van der Waals surface area contributed by atoms with Crippen molar-refractivity contribution in [2.24, 2.45) is 0 Å². The van der Waals surface area contributed by atoms with Gasteiger partial charge in [0.05, 0.1) is 12.4 Å². The number of nitrogens with zero attached hydrogens (tertiary/aromatic N) is 2. The van der Waals surface area contributed by atoms with Crippen molar-refractivity contribution in [3.8, 4) is 0 Å². The lowest BCUT2D eigenvalue weighted by atomic mass is 10.1. The van der Waals surface area contributed by atoms with Gasteiger partial charge in [0.25, 0.3) is 10.1 Å². The first kappa shape index (κ1) is 20.1. The van der Waals surface area contributed by atoms with Crippen molar-refractivity contribution in [2.75, 3.05) is 24.6 Å². The summed E-state index contributed by atoms with van der Waals surface area (Å²) in [6.07, 6.45) is -3.16. The molecule has 2 rings (SSSR count). The Labute approximate surface area is 148 Å². The Morgan fingerprint density at radius 2 is 2.08 bits per heavy atom. The van der Waals surface area contributed by atoms with Gasteiger partial charge in [-0.15, -0.1) is 0 Å². The zero-order valence-corrected chi connectivity index (χ0v) is 14.7. The molecular formula is C12H20N4O7S2. The van der Waals surface area contributed by atoms with Crippen molar-refractivity contribution in [3.05, 3.63) is 16.5 Å². The summed E-state index contributed by atoms with van der Waals surface area (Å²) in [5.41, 5.74) is 6.23. The molecule has 0 aromatic carbocycles. The van der Waals surface area contributed by atoms with Gasteiger partial charge in [0.1, 0.15) is 24.1 Å². The van der Waals surface area contributed by atoms with Crippen LogP contribution in [0.2, 0.25) is 0 Å². The molecule has 0 bridgehead atoms. The molecule has 1 fully saturated rings. The Balaban J connectivity index is 2.16. The summed E-state index contributed by atoms with van der Waals surface area (Å²) < 4.78 is 36.8. The largest absolute Gasteiger partial charge is 0.394 e. The number of hydrogen-bond donors (Lipinski definition) is 6. The van der Waals surface area contributed by atoms with E-state index in [-0.39, 0.29) is 23.7 Å². The van der Waals surface area contributed by atoms with E-state index in [4.69, 9.17) is 32.3 Å². The molecule has 142 valence electrons. The topological polar surface area (TPSA) is 180 Å². The lowest BCUT2D eigenvalue weighted by Crippen LogP contribution is -2.33. The van der Waals surface area contributed by atoms with Crippen molar-refractivity contribution >= 4 is 28.2 Å². The molecule has 4 atom stereocenters. The predicted molar refractivity (Wildman–Crippen MR) is 88.6 cm³/mol. The fourth-order valence-corrected chi connectivity index (χ4v) is 3.03. The number of aliphatic hydroxyl groups is 3. The predicted octanol–water partition coefficient (Wildman–Crippen LogP) is -2.22. The molecule has 11 nitrogen and oxygen atoms in total. The molecule has 0 aliphatic carbocycles. The average Bonchev–Trinajstić information content (AvgIpc) is 2.80. The van der Waals surface area contributed by atoms with Crippen LogP contribution in [-0.2, 0) is 21.4 Å². The maximum Gasteiger partial charge on any atom is 0.266 e. The van der Waals surface area contributed by atoms with Crippen LogP contribution in [0.1, 0.15) is 11.8 Å². The summed E-state index contributed by atoms with van der Waals surface area (Å²) in [5, 5.41) is 31.8. The van der Waals surface area contributed by atoms with E-state index < -0.39 is 47.0 Å². The third kappa shape index (κ3) is 4.92. The number of ether oxygens (including phenoxy) is 1. The average molecular weight is 396 g/mol. The third-order valence-electron chi connectivity index (χ3n) is 3.70. The number of hydrogen-bond acceptors (Lipinski definition) is 10. The lowest BCUT2D eigenvalue weighted by Gasteiger charge is -2.20. The van der Waals surface area contributed by atoms with Gasteiger partial charge in [-0.3, -0.25) is 9.12 Å². The van der Waals surface area contributed by atoms with Crippen LogP contribution in [0, 0.1) is 4.77 Å². The van der Waals surface area contributed by atoms with Gasteiger partial charge in [-0.1, -0.05) is 0 Å². The molecule has 0 spiro atoms. The molecule has 0 saturated carbocycles. The van der Waals surface area contributed by atoms with Crippen LogP contribution in [-0.4, -0.2) is 75.1 Å². The van der Waals surface area contributed by atoms with Crippen LogP contribution >= 0.6 is 12.2 Å². The number of nitrogen functional groups attached to an aromatic ring is 1. The van der Waals surface area contributed by atoms with E-state index in [2.05, 4.69) is 10.3 Å². The summed E-state index contributed by atoms with van der Waals surface area (Å²) in [4.78, 5) is 3.97. The van der Waals surface area contributed by atoms with Gasteiger partial charge < -0.3 is 31.1 Å². The highest BCUT2D eigenvalue weighted by molar-refractivity contribution is 7.85. The Morgan fingerprint density at radius 1 is 1.40 bits per heavy atom. The van der Waals surface area contributed by atoms with Crippen LogP contribution in [0.15, 0.2) is 6.20 Å². The molecule has 2 heterocycles. The minimum Gasteiger partial charge on any atom is -0.394 e. The van der Waals surface area contributed by atoms with Gasteiger partial charge >= 0.3 is 0 Å². The summed E-state index contributed by atoms with van der Waals surface area (Å²) in [6.45, 7) is -0.366. The van der Waals surface area contributed by atoms with Crippen LogP contribution in [0.3, 0.4) is 0 Å². The fraction of sp³-hybridized carbons (Fsp3) is 0.667. The monoisotopic (exact) mass is 396 g/mol. The molecule has 1 aromatic heterocycles. The van der Waals surface area contributed by atoms with E-state index in [0.717, 1.165) is 0 Å². The number of nitrogens with two attached hydrogens (primary N) is 1. The molecule has 0 unspecified atom stereocenters. The second kappa shape index (κ2) is 8.01. The molecule has 0 amide bonds. The number of rotatable bonds is 7. The van der Waals surface area contributed by atoms with Crippen molar-refractivity contribution in [2.45, 2.75) is 31.1 Å². The standard InChI is InChI=1S/C12H20N4O7S2/c13-10-6(3-14-1-2-25(20,21)22)4-16(12(24)15-10)11-9(19)8(18)7(5-17)23-11/h4,7-9,11,14,17-19H,1-3,5H2,(H2,13,15,24)(H,20,21,22)/t7-,8-,9-,11-/m1/s1. The molecule has 1 aromatic rings. The number of anilines is 1. The zero-order valence-electron chi connectivity index (χ0n) is 13.0. The van der Waals surface area contributed by atoms with Crippen LogP contribution in [0.5, 0.6) is 0 Å². The Bertz CT molecular complexity index is 769. The van der Waals surface area contributed by atoms with Gasteiger partial charge in [0, 0.05) is 24.8 Å². The number of aromatic nitrogens is 2. The Kier molecular flexibility index (Phi) is 6.45. The van der Waals surface area contributed by atoms with Crippen molar-refractivity contribution in [1.82, 2.24) is 14.9 Å². The first-order chi connectivity index (χ1) is 11.6. The maximum absolute atomic E-state index is 10.7. The van der Waals surface area contributed by atoms with E-state index >= 15 is 0 Å². The van der Waals surface area contributed by atoms with Crippen LogP contribution < -0.4 is 11.1 Å². The third-order valence-corrected chi connectivity index (χ3v) is 4.73. The molecular weight excluding hydrogens is 376 g/mol. The Morgan fingerprint density at radius 3 is 2.64 bits per heavy atom. The molecule has 25 heavy (non-hydrogen) atoms. The number of aliphatic hydroxyl groups excluding tert-OH is 3. The van der Waals surface area contributed by atoms with E-state index in [1.165, 1.54) is 10.8 Å². The van der Waals surface area contributed by atoms with Gasteiger partial charge in [-0.05, 0) is 12.2 Å². The van der Waals surface area contributed by atoms with Crippen molar-refractivity contribution in [1.29, 1.82) is 0 Å². The van der Waals surface area contributed by atoms with Crippen molar-refractivity contribution in [3.63, 3.8) is 0 Å². The van der Waals surface area contributed by atoms with Crippen LogP contribution in [0.25, 0.3) is 0 Å². The highest BCUT2D eigenvalue weighted by Crippen LogP contribution is 2.30. The van der Waals surface area contributed by atoms with E-state index in [0.29, 0.717) is 5.56 Å². The highest BCUT2D eigenvalue weighted by atomic mass is 32.2. The normalized spacial score (nSPS) is 26.9. The fourth-order valence-electron chi connectivity index (χ4n) is 2.37. The summed E-state index contributed by atoms with van der Waals surface area (Å²) in [7, 11) is -4.07. The molecule has 1 aliphatic rings. The molecule has 1 aliphatic heterocycles. The second-order valence-corrected chi connectivity index (χ2v) is 7.47. The van der Waals surface area contributed by atoms with Crippen molar-refractivity contribution < 1.29 is 33.0 Å². The summed E-state index contributed by atoms with van der Waals surface area (Å²) in [6, 6.07) is 0. The highest BCUT2D eigenvalue weighted by Gasteiger charge is 2.43. The minimum atomic E-state index is -4.07. The second-order valence-electron chi connectivity index (χ2n) is 5.53. The van der Waals surface area contributed by atoms with E-state index in [9.17, 15) is 18.6 Å². The van der Waals surface area contributed by atoms with Crippen LogP contribution in [0.4, 0.5) is 5.82 Å². The quantitative estimate of drug-likeness (QED) is 0.167. The smallest absolute Gasteiger partial charge is 0.266 e. The molecule has 1 saturated heterocycles.